The summed E-state index contributed by atoms with van der Waals surface area (Å²) in [6.07, 6.45) is 1.69. The molecule has 0 radical (unpaired) electrons. The van der Waals surface area contributed by atoms with E-state index in [9.17, 15) is 13.2 Å². The molecule has 0 aliphatic carbocycles. The van der Waals surface area contributed by atoms with Crippen LogP contribution < -0.4 is 0 Å². The third-order valence-corrected chi connectivity index (χ3v) is 4.71. The number of esters is 1. The molecule has 0 saturated carbocycles. The summed E-state index contributed by atoms with van der Waals surface area (Å²) >= 11 is 0. The molecular formula is C13H14O4S. The van der Waals surface area contributed by atoms with Gasteiger partial charge in [-0.25, -0.2) is 13.2 Å². The van der Waals surface area contributed by atoms with Crippen LogP contribution in [0.2, 0.25) is 0 Å². The van der Waals surface area contributed by atoms with Gasteiger partial charge in [-0.05, 0) is 42.7 Å². The molecule has 5 heteroatoms. The van der Waals surface area contributed by atoms with Gasteiger partial charge in [-0.3, -0.25) is 0 Å². The van der Waals surface area contributed by atoms with E-state index in [2.05, 4.69) is 4.74 Å². The van der Waals surface area contributed by atoms with Gasteiger partial charge in [0, 0.05) is 0 Å². The normalized spacial score (nSPS) is 16.7. The second-order valence-electron chi connectivity index (χ2n) is 4.32. The second kappa shape index (κ2) is 4.24. The third-order valence-electron chi connectivity index (χ3n) is 3.10. The van der Waals surface area contributed by atoms with Crippen molar-refractivity contribution in [1.29, 1.82) is 0 Å². The van der Waals surface area contributed by atoms with Crippen molar-refractivity contribution < 1.29 is 17.9 Å². The highest BCUT2D eigenvalue weighted by molar-refractivity contribution is 7.91. The van der Waals surface area contributed by atoms with Crippen LogP contribution in [0.4, 0.5) is 0 Å². The number of carbonyl (C=O) groups excluding carboxylic acids is 1. The number of allylic oxidation sites excluding steroid dienone is 1. The summed E-state index contributed by atoms with van der Waals surface area (Å²) < 4.78 is 28.6. The minimum absolute atomic E-state index is 0.0183. The van der Waals surface area contributed by atoms with E-state index in [0.717, 1.165) is 5.57 Å². The first kappa shape index (κ1) is 12.8. The summed E-state index contributed by atoms with van der Waals surface area (Å²) in [6.45, 7) is 3.63. The van der Waals surface area contributed by atoms with Crippen LogP contribution in [0.1, 0.15) is 28.4 Å². The van der Waals surface area contributed by atoms with E-state index in [1.165, 1.54) is 13.2 Å². The number of aryl methyl sites for hydroxylation is 1. The molecule has 0 atom stereocenters. The van der Waals surface area contributed by atoms with Crippen molar-refractivity contribution in [3.05, 3.63) is 34.9 Å². The number of benzene rings is 1. The summed E-state index contributed by atoms with van der Waals surface area (Å²) in [5, 5.41) is 0. The molecule has 0 N–H and O–H groups in total. The van der Waals surface area contributed by atoms with Gasteiger partial charge in [0.1, 0.15) is 0 Å². The number of hydrogen-bond donors (Lipinski definition) is 0. The number of fused-ring (bicyclic) bond motifs is 1. The van der Waals surface area contributed by atoms with Crippen molar-refractivity contribution in [1.82, 2.24) is 0 Å². The highest BCUT2D eigenvalue weighted by Crippen LogP contribution is 2.31. The van der Waals surface area contributed by atoms with Crippen LogP contribution in [0.5, 0.6) is 0 Å². The molecule has 0 bridgehead atoms. The summed E-state index contributed by atoms with van der Waals surface area (Å²) in [4.78, 5) is 11.8. The average Bonchev–Trinajstić information content (AvgIpc) is 2.33. The van der Waals surface area contributed by atoms with E-state index >= 15 is 0 Å². The maximum atomic E-state index is 12.0. The van der Waals surface area contributed by atoms with Crippen molar-refractivity contribution in [2.75, 3.05) is 12.9 Å². The van der Waals surface area contributed by atoms with Gasteiger partial charge in [0.2, 0.25) is 0 Å². The zero-order chi connectivity index (χ0) is 13.5. The molecule has 18 heavy (non-hydrogen) atoms. The number of hydrogen-bond acceptors (Lipinski definition) is 4. The molecule has 1 aromatic carbocycles. The van der Waals surface area contributed by atoms with Crippen LogP contribution >= 0.6 is 0 Å². The van der Waals surface area contributed by atoms with Crippen LogP contribution in [0, 0.1) is 6.92 Å². The molecule has 0 spiro atoms. The van der Waals surface area contributed by atoms with Gasteiger partial charge in [-0.2, -0.15) is 0 Å². The van der Waals surface area contributed by atoms with Gasteiger partial charge in [0.05, 0.1) is 23.3 Å². The molecule has 1 aromatic rings. The molecule has 0 fully saturated rings. The Morgan fingerprint density at radius 3 is 2.56 bits per heavy atom. The lowest BCUT2D eigenvalue weighted by molar-refractivity contribution is 0.0599. The molecule has 2 rings (SSSR count). The van der Waals surface area contributed by atoms with Gasteiger partial charge >= 0.3 is 5.97 Å². The quantitative estimate of drug-likeness (QED) is 0.729. The minimum atomic E-state index is -3.34. The van der Waals surface area contributed by atoms with Crippen LogP contribution in [-0.4, -0.2) is 27.2 Å². The standard InChI is InChI=1S/C13H14O4S/c1-8-4-5-18(15,16)12-7-11(13(14)17-3)9(2)6-10(8)12/h4,6-7H,5H2,1-3H3. The van der Waals surface area contributed by atoms with Crippen molar-refractivity contribution in [2.45, 2.75) is 18.7 Å². The Morgan fingerprint density at radius 1 is 1.28 bits per heavy atom. The predicted molar refractivity (Wildman–Crippen MR) is 68.2 cm³/mol. The van der Waals surface area contributed by atoms with Crippen LogP contribution in [0.15, 0.2) is 23.1 Å². The topological polar surface area (TPSA) is 60.4 Å². The second-order valence-corrected chi connectivity index (χ2v) is 6.33. The van der Waals surface area contributed by atoms with E-state index in [0.29, 0.717) is 16.7 Å². The maximum Gasteiger partial charge on any atom is 0.338 e. The SMILES string of the molecule is COC(=O)c1cc2c(cc1C)C(C)=CCS2(=O)=O. The number of methoxy groups -OCH3 is 1. The van der Waals surface area contributed by atoms with Crippen molar-refractivity contribution >= 4 is 21.4 Å². The lowest BCUT2D eigenvalue weighted by Gasteiger charge is -2.17. The van der Waals surface area contributed by atoms with Gasteiger partial charge in [0.15, 0.2) is 9.84 Å². The number of carbonyl (C=O) groups is 1. The predicted octanol–water partition coefficient (Wildman–Crippen LogP) is 1.97. The largest absolute Gasteiger partial charge is 0.465 e. The molecule has 0 amide bonds. The molecule has 1 heterocycles. The van der Waals surface area contributed by atoms with Gasteiger partial charge in [-0.1, -0.05) is 6.08 Å². The first-order valence-electron chi connectivity index (χ1n) is 5.49. The fourth-order valence-corrected chi connectivity index (χ4v) is 3.52. The highest BCUT2D eigenvalue weighted by Gasteiger charge is 2.25. The first-order chi connectivity index (χ1) is 8.36. The summed E-state index contributed by atoms with van der Waals surface area (Å²) in [7, 11) is -2.06. The fraction of sp³-hybridized carbons (Fsp3) is 0.308. The fourth-order valence-electron chi connectivity index (χ4n) is 2.02. The van der Waals surface area contributed by atoms with E-state index in [4.69, 9.17) is 0 Å². The smallest absolute Gasteiger partial charge is 0.338 e. The highest BCUT2D eigenvalue weighted by atomic mass is 32.2. The summed E-state index contributed by atoms with van der Waals surface area (Å²) in [5.41, 5.74) is 2.60. The van der Waals surface area contributed by atoms with E-state index in [1.807, 2.05) is 6.92 Å². The van der Waals surface area contributed by atoms with Crippen molar-refractivity contribution in [3.63, 3.8) is 0 Å². The summed E-state index contributed by atoms with van der Waals surface area (Å²) in [6, 6.07) is 3.15. The number of ether oxygens (including phenoxy) is 1. The monoisotopic (exact) mass is 266 g/mol. The Labute approximate surface area is 106 Å². The lowest BCUT2D eigenvalue weighted by Crippen LogP contribution is -2.15. The molecule has 1 aliphatic heterocycles. The molecule has 0 unspecified atom stereocenters. The molecular weight excluding hydrogens is 252 g/mol. The molecule has 4 nitrogen and oxygen atoms in total. The minimum Gasteiger partial charge on any atom is -0.465 e. The Bertz CT molecular complexity index is 654. The third kappa shape index (κ3) is 1.95. The van der Waals surface area contributed by atoms with Crippen LogP contribution in [0.3, 0.4) is 0 Å². The average molecular weight is 266 g/mol. The van der Waals surface area contributed by atoms with E-state index in [1.54, 1.807) is 19.1 Å². The number of rotatable bonds is 1. The Hall–Kier alpha value is -1.62. The maximum absolute atomic E-state index is 12.0. The zero-order valence-corrected chi connectivity index (χ0v) is 11.3. The molecule has 1 aliphatic rings. The van der Waals surface area contributed by atoms with Crippen molar-refractivity contribution in [3.8, 4) is 0 Å². The first-order valence-corrected chi connectivity index (χ1v) is 7.15. The molecule has 0 aromatic heterocycles. The van der Waals surface area contributed by atoms with Gasteiger partial charge in [-0.15, -0.1) is 0 Å². The lowest BCUT2D eigenvalue weighted by atomic mass is 10.00. The van der Waals surface area contributed by atoms with E-state index in [-0.39, 0.29) is 10.6 Å². The van der Waals surface area contributed by atoms with Crippen molar-refractivity contribution in [2.24, 2.45) is 0 Å². The Kier molecular flexibility index (Phi) is 3.02. The molecule has 96 valence electrons. The molecule has 0 saturated heterocycles. The Balaban J connectivity index is 2.75. The van der Waals surface area contributed by atoms with Crippen LogP contribution in [-0.2, 0) is 14.6 Å². The van der Waals surface area contributed by atoms with Gasteiger partial charge in [0.25, 0.3) is 0 Å². The van der Waals surface area contributed by atoms with E-state index < -0.39 is 15.8 Å². The number of sulfone groups is 1. The van der Waals surface area contributed by atoms with Gasteiger partial charge < -0.3 is 4.74 Å². The summed E-state index contributed by atoms with van der Waals surface area (Å²) in [5.74, 6) is -0.534. The van der Waals surface area contributed by atoms with Crippen LogP contribution in [0.25, 0.3) is 5.57 Å². The Morgan fingerprint density at radius 2 is 1.94 bits per heavy atom. The zero-order valence-electron chi connectivity index (χ0n) is 10.5.